The number of alkyl carbamates (subject to hydrolysis) is 1. The minimum atomic E-state index is -0.470. The summed E-state index contributed by atoms with van der Waals surface area (Å²) in [5.41, 5.74) is 0.522. The predicted octanol–water partition coefficient (Wildman–Crippen LogP) is 2.55. The molecule has 2 rings (SSSR count). The van der Waals surface area contributed by atoms with E-state index in [1.165, 1.54) is 7.11 Å². The molecule has 3 N–H and O–H groups in total. The molecule has 1 fully saturated rings. The van der Waals surface area contributed by atoms with Crippen molar-refractivity contribution in [3.8, 4) is 11.5 Å². The van der Waals surface area contributed by atoms with Crippen LogP contribution >= 0.6 is 0 Å². The highest BCUT2D eigenvalue weighted by molar-refractivity contribution is 5.68. The average molecular weight is 322 g/mol. The van der Waals surface area contributed by atoms with E-state index in [4.69, 9.17) is 9.47 Å². The summed E-state index contributed by atoms with van der Waals surface area (Å²) in [4.78, 5) is 11.7. The molecule has 0 radical (unpaired) electrons. The van der Waals surface area contributed by atoms with E-state index < -0.39 is 5.60 Å². The number of ether oxygens (including phenoxy) is 2. The second-order valence-electron chi connectivity index (χ2n) is 6.90. The Morgan fingerprint density at radius 1 is 1.30 bits per heavy atom. The number of hydrogen-bond acceptors (Lipinski definition) is 5. The van der Waals surface area contributed by atoms with Gasteiger partial charge in [0.05, 0.1) is 7.11 Å². The molecule has 1 aromatic carbocycles. The fourth-order valence-corrected chi connectivity index (χ4v) is 2.48. The Balaban J connectivity index is 1.68. The van der Waals surface area contributed by atoms with Crippen LogP contribution in [0.4, 0.5) is 4.79 Å². The first-order valence-electron chi connectivity index (χ1n) is 7.85. The van der Waals surface area contributed by atoms with Crippen molar-refractivity contribution in [3.63, 3.8) is 0 Å². The van der Waals surface area contributed by atoms with Gasteiger partial charge >= 0.3 is 6.09 Å². The Hall–Kier alpha value is -1.95. The summed E-state index contributed by atoms with van der Waals surface area (Å²) >= 11 is 0. The molecule has 0 saturated heterocycles. The van der Waals surface area contributed by atoms with Gasteiger partial charge in [-0.1, -0.05) is 6.07 Å². The molecule has 1 saturated carbocycles. The lowest BCUT2D eigenvalue weighted by Gasteiger charge is -2.36. The third-order valence-corrected chi connectivity index (χ3v) is 3.70. The summed E-state index contributed by atoms with van der Waals surface area (Å²) in [6.07, 6.45) is 1.39. The van der Waals surface area contributed by atoms with Gasteiger partial charge in [0.2, 0.25) is 0 Å². The summed E-state index contributed by atoms with van der Waals surface area (Å²) in [5, 5.41) is 16.0. The van der Waals surface area contributed by atoms with Crippen LogP contribution in [0.3, 0.4) is 0 Å². The van der Waals surface area contributed by atoms with Gasteiger partial charge in [-0.3, -0.25) is 0 Å². The van der Waals surface area contributed by atoms with E-state index in [9.17, 15) is 9.90 Å². The molecule has 0 bridgehead atoms. The quantitative estimate of drug-likeness (QED) is 0.776. The molecule has 1 aromatic rings. The summed E-state index contributed by atoms with van der Waals surface area (Å²) < 4.78 is 10.3. The van der Waals surface area contributed by atoms with E-state index in [0.717, 1.165) is 18.4 Å². The van der Waals surface area contributed by atoms with Gasteiger partial charge in [-0.25, -0.2) is 4.79 Å². The number of nitrogens with one attached hydrogen (secondary N) is 2. The molecule has 1 aliphatic rings. The highest BCUT2D eigenvalue weighted by atomic mass is 16.6. The van der Waals surface area contributed by atoms with E-state index in [0.29, 0.717) is 18.3 Å². The zero-order chi connectivity index (χ0) is 17.0. The standard InChI is InChI=1S/C17H26N2O4/c1-17(2,3)23-16(21)19-13-8-12(9-13)18-10-11-5-6-15(22-4)14(20)7-11/h5-7,12-13,18,20H,8-10H2,1-4H3,(H,19,21). The first kappa shape index (κ1) is 17.4. The Morgan fingerprint density at radius 2 is 2.00 bits per heavy atom. The van der Waals surface area contributed by atoms with Crippen molar-refractivity contribution >= 4 is 6.09 Å². The van der Waals surface area contributed by atoms with E-state index in [1.54, 1.807) is 12.1 Å². The number of phenolic OH excluding ortho intramolecular Hbond substituents is 1. The van der Waals surface area contributed by atoms with Crippen molar-refractivity contribution in [2.45, 2.75) is 57.8 Å². The molecule has 0 heterocycles. The van der Waals surface area contributed by atoms with Crippen LogP contribution in [-0.2, 0) is 11.3 Å². The van der Waals surface area contributed by atoms with Crippen LogP contribution < -0.4 is 15.4 Å². The maximum atomic E-state index is 11.7. The minimum Gasteiger partial charge on any atom is -0.504 e. The topological polar surface area (TPSA) is 79.8 Å². The van der Waals surface area contributed by atoms with Crippen LogP contribution in [0.1, 0.15) is 39.2 Å². The highest BCUT2D eigenvalue weighted by Crippen LogP contribution is 2.27. The summed E-state index contributed by atoms with van der Waals surface area (Å²) in [5.74, 6) is 0.615. The van der Waals surface area contributed by atoms with Gasteiger partial charge in [-0.05, 0) is 51.3 Å². The average Bonchev–Trinajstić information content (AvgIpc) is 2.39. The normalized spacial score (nSPS) is 20.5. The number of benzene rings is 1. The molecule has 128 valence electrons. The van der Waals surface area contributed by atoms with Crippen LogP contribution in [0.2, 0.25) is 0 Å². The number of carbonyl (C=O) groups excluding carboxylic acids is 1. The summed E-state index contributed by atoms with van der Waals surface area (Å²) in [7, 11) is 1.53. The third kappa shape index (κ3) is 5.32. The first-order chi connectivity index (χ1) is 10.8. The van der Waals surface area contributed by atoms with Gasteiger partial charge in [0.25, 0.3) is 0 Å². The molecule has 1 aliphatic carbocycles. The van der Waals surface area contributed by atoms with Gasteiger partial charge in [-0.15, -0.1) is 0 Å². The van der Waals surface area contributed by atoms with E-state index in [-0.39, 0.29) is 17.9 Å². The Kier molecular flexibility index (Phi) is 5.36. The number of rotatable bonds is 5. The van der Waals surface area contributed by atoms with Crippen LogP contribution in [0.25, 0.3) is 0 Å². The maximum Gasteiger partial charge on any atom is 0.407 e. The summed E-state index contributed by atoms with van der Waals surface area (Å²) in [6.45, 7) is 6.22. The van der Waals surface area contributed by atoms with Crippen molar-refractivity contribution in [1.29, 1.82) is 0 Å². The van der Waals surface area contributed by atoms with Gasteiger partial charge < -0.3 is 25.2 Å². The number of carbonyl (C=O) groups is 1. The van der Waals surface area contributed by atoms with Crippen molar-refractivity contribution in [3.05, 3.63) is 23.8 Å². The second kappa shape index (κ2) is 7.08. The lowest BCUT2D eigenvalue weighted by Crippen LogP contribution is -2.52. The summed E-state index contributed by atoms with van der Waals surface area (Å²) in [6, 6.07) is 5.88. The number of aromatic hydroxyl groups is 1. The van der Waals surface area contributed by atoms with Crippen LogP contribution in [-0.4, -0.2) is 36.0 Å². The molecule has 1 amide bonds. The van der Waals surface area contributed by atoms with Crippen molar-refractivity contribution in [1.82, 2.24) is 10.6 Å². The molecule has 0 atom stereocenters. The van der Waals surface area contributed by atoms with Crippen molar-refractivity contribution < 1.29 is 19.4 Å². The van der Waals surface area contributed by atoms with E-state index in [1.807, 2.05) is 26.8 Å². The van der Waals surface area contributed by atoms with Gasteiger partial charge in [0.15, 0.2) is 11.5 Å². The number of hydrogen-bond donors (Lipinski definition) is 3. The Labute approximate surface area is 137 Å². The van der Waals surface area contributed by atoms with Gasteiger partial charge in [0, 0.05) is 18.6 Å². The fourth-order valence-electron chi connectivity index (χ4n) is 2.48. The predicted molar refractivity (Wildman–Crippen MR) is 87.7 cm³/mol. The number of amides is 1. The largest absolute Gasteiger partial charge is 0.504 e. The molecule has 0 spiro atoms. The second-order valence-corrected chi connectivity index (χ2v) is 6.90. The first-order valence-corrected chi connectivity index (χ1v) is 7.85. The smallest absolute Gasteiger partial charge is 0.407 e. The molecule has 0 aromatic heterocycles. The lowest BCUT2D eigenvalue weighted by atomic mass is 9.86. The minimum absolute atomic E-state index is 0.143. The molecule has 6 nitrogen and oxygen atoms in total. The number of methoxy groups -OCH3 is 1. The molecular weight excluding hydrogens is 296 g/mol. The SMILES string of the molecule is COc1ccc(CNC2CC(NC(=O)OC(C)(C)C)C2)cc1O. The molecule has 23 heavy (non-hydrogen) atoms. The lowest BCUT2D eigenvalue weighted by molar-refractivity contribution is 0.0465. The zero-order valence-electron chi connectivity index (χ0n) is 14.2. The number of phenols is 1. The van der Waals surface area contributed by atoms with Crippen molar-refractivity contribution in [2.75, 3.05) is 7.11 Å². The van der Waals surface area contributed by atoms with Crippen LogP contribution in [0.5, 0.6) is 11.5 Å². The zero-order valence-corrected chi connectivity index (χ0v) is 14.2. The Morgan fingerprint density at radius 3 is 2.57 bits per heavy atom. The maximum absolute atomic E-state index is 11.7. The van der Waals surface area contributed by atoms with Gasteiger partial charge in [0.1, 0.15) is 5.60 Å². The van der Waals surface area contributed by atoms with Crippen molar-refractivity contribution in [2.24, 2.45) is 0 Å². The van der Waals surface area contributed by atoms with E-state index in [2.05, 4.69) is 10.6 Å². The van der Waals surface area contributed by atoms with Crippen LogP contribution in [0, 0.1) is 0 Å². The van der Waals surface area contributed by atoms with Gasteiger partial charge in [-0.2, -0.15) is 0 Å². The van der Waals surface area contributed by atoms with Crippen LogP contribution in [0.15, 0.2) is 18.2 Å². The third-order valence-electron chi connectivity index (χ3n) is 3.70. The molecular formula is C17H26N2O4. The fraction of sp³-hybridized carbons (Fsp3) is 0.588. The highest BCUT2D eigenvalue weighted by Gasteiger charge is 2.31. The molecule has 0 aliphatic heterocycles. The van der Waals surface area contributed by atoms with E-state index >= 15 is 0 Å². The molecule has 0 unspecified atom stereocenters. The monoisotopic (exact) mass is 322 g/mol. The molecule has 6 heteroatoms. The Bertz CT molecular complexity index is 548.